The smallest absolute Gasteiger partial charge is 0.247 e. The van der Waals surface area contributed by atoms with Crippen LogP contribution in [0.3, 0.4) is 0 Å². The highest BCUT2D eigenvalue weighted by atomic mass is 32.2. The normalized spacial score (nSPS) is 19.8. The summed E-state index contributed by atoms with van der Waals surface area (Å²) < 4.78 is 6.13. The Morgan fingerprint density at radius 1 is 1.24 bits per heavy atom. The van der Waals surface area contributed by atoms with Crippen LogP contribution in [0.1, 0.15) is 27.2 Å². The van der Waals surface area contributed by atoms with Crippen LogP contribution < -0.4 is 10.1 Å². The topological polar surface area (TPSA) is 59.9 Å². The van der Waals surface area contributed by atoms with E-state index in [0.717, 1.165) is 23.4 Å². The first-order chi connectivity index (χ1) is 10.1. The van der Waals surface area contributed by atoms with E-state index in [1.165, 1.54) is 0 Å². The van der Waals surface area contributed by atoms with Crippen LogP contribution in [0, 0.1) is 0 Å². The van der Waals surface area contributed by atoms with Gasteiger partial charge in [-0.25, -0.2) is 0 Å². The van der Waals surface area contributed by atoms with Crippen molar-refractivity contribution in [3.8, 4) is 17.1 Å². The quantitative estimate of drug-likeness (QED) is 0.874. The Labute approximate surface area is 128 Å². The average Bonchev–Trinajstić information content (AvgIpc) is 2.61. The van der Waals surface area contributed by atoms with Gasteiger partial charge in [-0.05, 0) is 18.7 Å². The Morgan fingerprint density at radius 2 is 2.05 bits per heavy atom. The number of nitrogens with one attached hydrogen (secondary N) is 1. The fourth-order valence-corrected chi connectivity index (χ4v) is 2.72. The number of anilines is 1. The second-order valence-corrected chi connectivity index (χ2v) is 6.27. The van der Waals surface area contributed by atoms with Gasteiger partial charge in [0, 0.05) is 17.7 Å². The van der Waals surface area contributed by atoms with Gasteiger partial charge in [0.2, 0.25) is 11.0 Å². The lowest BCUT2D eigenvalue weighted by atomic mass is 10.1. The van der Waals surface area contributed by atoms with Crippen molar-refractivity contribution in [3.63, 3.8) is 0 Å². The third-order valence-electron chi connectivity index (χ3n) is 3.49. The van der Waals surface area contributed by atoms with Gasteiger partial charge in [0.15, 0.2) is 11.4 Å². The molecule has 0 fully saturated rings. The number of thioether (sulfide) groups is 1. The van der Waals surface area contributed by atoms with Crippen LogP contribution in [0.25, 0.3) is 11.3 Å². The number of hydrogen-bond acceptors (Lipinski definition) is 6. The van der Waals surface area contributed by atoms with Crippen LogP contribution >= 0.6 is 11.8 Å². The zero-order valence-electron chi connectivity index (χ0n) is 12.4. The number of benzene rings is 1. The van der Waals surface area contributed by atoms with Gasteiger partial charge in [0.25, 0.3) is 0 Å². The Bertz CT molecular complexity index is 664. The second-order valence-electron chi connectivity index (χ2n) is 5.04. The third kappa shape index (κ3) is 2.68. The molecular formula is C15H18N4OS. The van der Waals surface area contributed by atoms with Crippen LogP contribution in [0.2, 0.25) is 0 Å². The van der Waals surface area contributed by atoms with Crippen molar-refractivity contribution in [1.29, 1.82) is 0 Å². The standard InChI is InChI=1S/C15H18N4OS/c1-4-15(3)17-11-9-7-6-8-10(11)12-13(20-15)16-14(19-18-12)21-5-2/h6-9,17H,4-5H2,1-3H3/t15-/m1/s1. The van der Waals surface area contributed by atoms with Crippen molar-refractivity contribution in [2.45, 2.75) is 38.1 Å². The van der Waals surface area contributed by atoms with E-state index < -0.39 is 5.72 Å². The number of rotatable bonds is 3. The third-order valence-corrected chi connectivity index (χ3v) is 4.21. The zero-order valence-corrected chi connectivity index (χ0v) is 13.2. The summed E-state index contributed by atoms with van der Waals surface area (Å²) in [5.74, 6) is 1.45. The minimum absolute atomic E-state index is 0.508. The van der Waals surface area contributed by atoms with Gasteiger partial charge in [-0.2, -0.15) is 4.98 Å². The molecule has 0 spiro atoms. The molecule has 0 radical (unpaired) electrons. The molecule has 0 saturated heterocycles. The van der Waals surface area contributed by atoms with Gasteiger partial charge >= 0.3 is 0 Å². The fourth-order valence-electron chi connectivity index (χ4n) is 2.21. The molecule has 21 heavy (non-hydrogen) atoms. The van der Waals surface area contributed by atoms with Crippen LogP contribution in [0.15, 0.2) is 29.4 Å². The summed E-state index contributed by atoms with van der Waals surface area (Å²) in [6.45, 7) is 6.16. The summed E-state index contributed by atoms with van der Waals surface area (Å²) in [4.78, 5) is 4.53. The predicted molar refractivity (Wildman–Crippen MR) is 84.6 cm³/mol. The Hall–Kier alpha value is -1.82. The number of hydrogen-bond donors (Lipinski definition) is 1. The van der Waals surface area contributed by atoms with Gasteiger partial charge in [-0.3, -0.25) is 0 Å². The summed E-state index contributed by atoms with van der Waals surface area (Å²) in [5.41, 5.74) is 2.15. The van der Waals surface area contributed by atoms with Crippen molar-refractivity contribution in [3.05, 3.63) is 24.3 Å². The van der Waals surface area contributed by atoms with E-state index in [9.17, 15) is 0 Å². The SMILES string of the molecule is CCSc1nnc2c(n1)O[C@](C)(CC)Nc1ccccc1-2. The molecule has 1 aromatic heterocycles. The van der Waals surface area contributed by atoms with Gasteiger partial charge < -0.3 is 10.1 Å². The molecule has 0 bridgehead atoms. The van der Waals surface area contributed by atoms with Crippen molar-refractivity contribution < 1.29 is 4.74 Å². The molecule has 1 N–H and O–H groups in total. The Kier molecular flexibility index (Phi) is 3.71. The molecule has 5 nitrogen and oxygen atoms in total. The maximum Gasteiger partial charge on any atom is 0.247 e. The summed E-state index contributed by atoms with van der Waals surface area (Å²) in [6.07, 6.45) is 0.807. The first-order valence-electron chi connectivity index (χ1n) is 7.09. The molecular weight excluding hydrogens is 284 g/mol. The number of ether oxygens (including phenoxy) is 1. The number of aromatic nitrogens is 3. The molecule has 0 unspecified atom stereocenters. The van der Waals surface area contributed by atoms with Crippen LogP contribution in [-0.4, -0.2) is 26.7 Å². The number of nitrogens with zero attached hydrogens (tertiary/aromatic N) is 3. The van der Waals surface area contributed by atoms with E-state index in [1.807, 2.05) is 31.2 Å². The van der Waals surface area contributed by atoms with E-state index in [0.29, 0.717) is 16.7 Å². The molecule has 1 aromatic carbocycles. The first-order valence-corrected chi connectivity index (χ1v) is 8.08. The summed E-state index contributed by atoms with van der Waals surface area (Å²) >= 11 is 1.56. The van der Waals surface area contributed by atoms with Crippen LogP contribution in [0.5, 0.6) is 5.88 Å². The lowest BCUT2D eigenvalue weighted by Crippen LogP contribution is -2.40. The molecule has 6 heteroatoms. The highest BCUT2D eigenvalue weighted by Crippen LogP contribution is 2.39. The lowest BCUT2D eigenvalue weighted by Gasteiger charge is -2.29. The molecule has 0 aliphatic carbocycles. The minimum Gasteiger partial charge on any atom is -0.450 e. The maximum atomic E-state index is 6.13. The number of para-hydroxylation sites is 1. The Balaban J connectivity index is 2.16. The highest BCUT2D eigenvalue weighted by Gasteiger charge is 2.32. The molecule has 110 valence electrons. The van der Waals surface area contributed by atoms with Crippen molar-refractivity contribution in [1.82, 2.24) is 15.2 Å². The summed E-state index contributed by atoms with van der Waals surface area (Å²) in [6, 6.07) is 8.01. The molecule has 1 aliphatic heterocycles. The van der Waals surface area contributed by atoms with Gasteiger partial charge in [-0.15, -0.1) is 10.2 Å². The summed E-state index contributed by atoms with van der Waals surface area (Å²) in [5, 5.41) is 12.6. The van der Waals surface area contributed by atoms with E-state index >= 15 is 0 Å². The molecule has 0 amide bonds. The van der Waals surface area contributed by atoms with Crippen molar-refractivity contribution in [2.24, 2.45) is 0 Å². The largest absolute Gasteiger partial charge is 0.450 e. The van der Waals surface area contributed by atoms with Gasteiger partial charge in [0.1, 0.15) is 0 Å². The summed E-state index contributed by atoms with van der Waals surface area (Å²) in [7, 11) is 0. The number of fused-ring (bicyclic) bond motifs is 3. The predicted octanol–water partition coefficient (Wildman–Crippen LogP) is 3.58. The van der Waals surface area contributed by atoms with E-state index in [1.54, 1.807) is 11.8 Å². The molecule has 2 heterocycles. The van der Waals surface area contributed by atoms with E-state index in [2.05, 4.69) is 34.3 Å². The van der Waals surface area contributed by atoms with Crippen LogP contribution in [0.4, 0.5) is 5.69 Å². The minimum atomic E-state index is -0.508. The van der Waals surface area contributed by atoms with Gasteiger partial charge in [0.05, 0.1) is 0 Å². The van der Waals surface area contributed by atoms with Crippen molar-refractivity contribution >= 4 is 17.4 Å². The molecule has 0 saturated carbocycles. The fraction of sp³-hybridized carbons (Fsp3) is 0.400. The molecule has 1 atom stereocenters. The molecule has 3 rings (SSSR count). The molecule has 2 aromatic rings. The first kappa shape index (κ1) is 14.1. The average molecular weight is 302 g/mol. The monoisotopic (exact) mass is 302 g/mol. The van der Waals surface area contributed by atoms with Gasteiger partial charge in [-0.1, -0.05) is 43.8 Å². The second kappa shape index (κ2) is 5.52. The maximum absolute atomic E-state index is 6.13. The molecule has 1 aliphatic rings. The highest BCUT2D eigenvalue weighted by molar-refractivity contribution is 7.99. The zero-order chi connectivity index (χ0) is 14.9. The van der Waals surface area contributed by atoms with E-state index in [4.69, 9.17) is 4.74 Å². The lowest BCUT2D eigenvalue weighted by molar-refractivity contribution is 0.109. The van der Waals surface area contributed by atoms with Crippen molar-refractivity contribution in [2.75, 3.05) is 11.1 Å². The van der Waals surface area contributed by atoms with Crippen LogP contribution in [-0.2, 0) is 0 Å². The Morgan fingerprint density at radius 3 is 2.81 bits per heavy atom. The van der Waals surface area contributed by atoms with E-state index in [-0.39, 0.29) is 0 Å².